The summed E-state index contributed by atoms with van der Waals surface area (Å²) >= 11 is 2.30. The molecular weight excluding hydrogens is 437 g/mol. The molecule has 4 aliphatic heterocycles. The van der Waals surface area contributed by atoms with Crippen molar-refractivity contribution in [2.24, 2.45) is 5.92 Å². The summed E-state index contributed by atoms with van der Waals surface area (Å²) in [6, 6.07) is 12.4. The smallest absolute Gasteiger partial charge is 0.186 e. The van der Waals surface area contributed by atoms with Crippen LogP contribution in [0.4, 0.5) is 0 Å². The molecule has 3 unspecified atom stereocenters. The van der Waals surface area contributed by atoms with Gasteiger partial charge in [0.05, 0.1) is 0 Å². The maximum absolute atomic E-state index is 14.1. The summed E-state index contributed by atoms with van der Waals surface area (Å²) in [6.07, 6.45) is 6.14. The van der Waals surface area contributed by atoms with Crippen LogP contribution in [0.15, 0.2) is 48.8 Å². The molecule has 4 fully saturated rings. The normalized spacial score (nSPS) is 35.3. The Hall–Kier alpha value is -1.31. The van der Waals surface area contributed by atoms with Gasteiger partial charge in [-0.25, -0.2) is 0 Å². The fourth-order valence-electron chi connectivity index (χ4n) is 5.58. The predicted molar refractivity (Wildman–Crippen MR) is 109 cm³/mol. The summed E-state index contributed by atoms with van der Waals surface area (Å²) in [5.74, 6) is 1.02. The van der Waals surface area contributed by atoms with Gasteiger partial charge in [-0.05, 0) is 72.1 Å². The number of ketones is 1. The molecule has 0 amide bonds. The number of carbonyl (C=O) groups is 1. The maximum atomic E-state index is 14.1. The van der Waals surface area contributed by atoms with Gasteiger partial charge in [0, 0.05) is 40.0 Å². The summed E-state index contributed by atoms with van der Waals surface area (Å²) < 4.78 is 1.04. The van der Waals surface area contributed by atoms with Gasteiger partial charge in [-0.3, -0.25) is 14.7 Å². The number of piperidine rings is 3. The highest BCUT2D eigenvalue weighted by Crippen LogP contribution is 2.51. The lowest BCUT2D eigenvalue weighted by Gasteiger charge is -2.57. The lowest BCUT2D eigenvalue weighted by Crippen LogP contribution is -2.72. The Morgan fingerprint density at radius 1 is 1.19 bits per heavy atom. The highest BCUT2D eigenvalue weighted by Gasteiger charge is 2.65. The van der Waals surface area contributed by atoms with E-state index < -0.39 is 5.54 Å². The fraction of sp³-hybridized carbons (Fsp3) is 0.429. The van der Waals surface area contributed by atoms with Crippen molar-refractivity contribution in [3.63, 3.8) is 0 Å². The van der Waals surface area contributed by atoms with E-state index in [9.17, 15) is 4.79 Å². The van der Waals surface area contributed by atoms with Crippen LogP contribution in [-0.2, 0) is 0 Å². The number of benzene rings is 1. The largest absolute Gasteiger partial charge is 0.311 e. The average Bonchev–Trinajstić information content (AvgIpc) is 3.13. The van der Waals surface area contributed by atoms with E-state index in [-0.39, 0.29) is 17.7 Å². The highest BCUT2D eigenvalue weighted by molar-refractivity contribution is 14.1. The first-order valence-corrected chi connectivity index (χ1v) is 10.5. The summed E-state index contributed by atoms with van der Waals surface area (Å²) in [4.78, 5) is 20.9. The molecule has 26 heavy (non-hydrogen) atoms. The van der Waals surface area contributed by atoms with E-state index in [0.29, 0.717) is 5.92 Å². The third-order valence-electron chi connectivity index (χ3n) is 6.65. The Kier molecular flexibility index (Phi) is 4.14. The molecule has 0 aliphatic carbocycles. The van der Waals surface area contributed by atoms with Crippen LogP contribution in [0.3, 0.4) is 0 Å². The molecule has 2 aromatic rings. The van der Waals surface area contributed by atoms with Gasteiger partial charge in [0.1, 0.15) is 5.54 Å². The van der Waals surface area contributed by atoms with Crippen molar-refractivity contribution >= 4 is 28.4 Å². The zero-order valence-corrected chi connectivity index (χ0v) is 16.7. The standard InChI is InChI=1S/C21H22IN3O/c22-18-6-2-1-5-16(18)20(26)21-17(15-4-3-9-23-12-15)13-24-19(21)14-7-10-25(21)11-8-14/h1-6,9,12,14,17,19,24H,7-8,10-11,13H2. The van der Waals surface area contributed by atoms with Gasteiger partial charge in [-0.2, -0.15) is 0 Å². The first-order chi connectivity index (χ1) is 12.7. The Bertz CT molecular complexity index is 834. The molecule has 2 bridgehead atoms. The summed E-state index contributed by atoms with van der Waals surface area (Å²) in [5, 5.41) is 3.76. The van der Waals surface area contributed by atoms with Crippen LogP contribution in [0.2, 0.25) is 0 Å². The van der Waals surface area contributed by atoms with E-state index in [0.717, 1.165) is 28.8 Å². The van der Waals surface area contributed by atoms with E-state index >= 15 is 0 Å². The number of aromatic nitrogens is 1. The Morgan fingerprint density at radius 3 is 2.73 bits per heavy atom. The number of halogens is 1. The van der Waals surface area contributed by atoms with Crippen molar-refractivity contribution in [3.8, 4) is 0 Å². The van der Waals surface area contributed by atoms with Crippen LogP contribution in [0.25, 0.3) is 0 Å². The molecular formula is C21H22IN3O. The number of pyridine rings is 1. The van der Waals surface area contributed by atoms with Gasteiger partial charge >= 0.3 is 0 Å². The van der Waals surface area contributed by atoms with Gasteiger partial charge in [-0.1, -0.05) is 24.3 Å². The number of hydrogen-bond donors (Lipinski definition) is 1. The molecule has 0 saturated carbocycles. The second-order valence-electron chi connectivity index (χ2n) is 7.68. The van der Waals surface area contributed by atoms with Crippen LogP contribution in [0, 0.1) is 9.49 Å². The molecule has 0 radical (unpaired) electrons. The number of fused-ring (bicyclic) bond motifs is 2. The lowest BCUT2D eigenvalue weighted by atomic mass is 9.63. The molecule has 5 heteroatoms. The monoisotopic (exact) mass is 459 g/mol. The molecule has 1 aromatic carbocycles. The molecule has 1 aromatic heterocycles. The molecule has 4 nitrogen and oxygen atoms in total. The molecule has 5 heterocycles. The summed E-state index contributed by atoms with van der Waals surface area (Å²) in [6.45, 7) is 2.89. The van der Waals surface area contributed by atoms with Gasteiger partial charge in [-0.15, -0.1) is 0 Å². The molecule has 134 valence electrons. The van der Waals surface area contributed by atoms with Crippen LogP contribution in [0.1, 0.15) is 34.7 Å². The fourth-order valence-corrected chi connectivity index (χ4v) is 6.21. The van der Waals surface area contributed by atoms with Crippen molar-refractivity contribution in [2.75, 3.05) is 19.6 Å². The van der Waals surface area contributed by atoms with Crippen molar-refractivity contribution in [1.82, 2.24) is 15.2 Å². The van der Waals surface area contributed by atoms with E-state index in [1.807, 2.05) is 42.7 Å². The number of nitrogens with one attached hydrogen (secondary N) is 1. The molecule has 0 spiro atoms. The van der Waals surface area contributed by atoms with E-state index in [2.05, 4.69) is 43.9 Å². The molecule has 4 saturated heterocycles. The minimum absolute atomic E-state index is 0.146. The SMILES string of the molecule is O=C(c1ccccc1I)C12C(c3cccnc3)CNC1C1CCN2CC1. The number of nitrogens with zero attached hydrogens (tertiary/aromatic N) is 2. The first kappa shape index (κ1) is 16.8. The van der Waals surface area contributed by atoms with E-state index in [4.69, 9.17) is 0 Å². The van der Waals surface area contributed by atoms with Crippen molar-refractivity contribution in [2.45, 2.75) is 30.3 Å². The maximum Gasteiger partial charge on any atom is 0.186 e. The zero-order valence-electron chi connectivity index (χ0n) is 14.6. The minimum atomic E-state index is -0.481. The van der Waals surface area contributed by atoms with Crippen molar-refractivity contribution in [1.29, 1.82) is 0 Å². The first-order valence-electron chi connectivity index (χ1n) is 9.40. The van der Waals surface area contributed by atoms with E-state index in [1.54, 1.807) is 0 Å². The van der Waals surface area contributed by atoms with Crippen LogP contribution in [-0.4, -0.2) is 46.9 Å². The Labute approximate surface area is 167 Å². The second-order valence-corrected chi connectivity index (χ2v) is 8.85. The quantitative estimate of drug-likeness (QED) is 0.566. The van der Waals surface area contributed by atoms with Gasteiger partial charge in [0.25, 0.3) is 0 Å². The van der Waals surface area contributed by atoms with Gasteiger partial charge in [0.15, 0.2) is 5.78 Å². The highest BCUT2D eigenvalue weighted by atomic mass is 127. The van der Waals surface area contributed by atoms with Crippen molar-refractivity contribution in [3.05, 3.63) is 63.5 Å². The van der Waals surface area contributed by atoms with Gasteiger partial charge < -0.3 is 5.32 Å². The third kappa shape index (κ3) is 2.26. The number of rotatable bonds is 3. The summed E-state index contributed by atoms with van der Waals surface area (Å²) in [7, 11) is 0. The number of Topliss-reactive ketones (excluding diaryl/α,β-unsaturated/α-hetero) is 1. The number of carbonyl (C=O) groups excluding carboxylic acids is 1. The predicted octanol–water partition coefficient (Wildman–Crippen LogP) is 3.09. The topological polar surface area (TPSA) is 45.2 Å². The lowest BCUT2D eigenvalue weighted by molar-refractivity contribution is -0.0313. The number of hydrogen-bond acceptors (Lipinski definition) is 4. The van der Waals surface area contributed by atoms with Gasteiger partial charge in [0.2, 0.25) is 0 Å². The minimum Gasteiger partial charge on any atom is -0.311 e. The Balaban J connectivity index is 1.69. The van der Waals surface area contributed by atoms with Crippen LogP contribution in [0.5, 0.6) is 0 Å². The van der Waals surface area contributed by atoms with Crippen LogP contribution < -0.4 is 5.32 Å². The third-order valence-corrected chi connectivity index (χ3v) is 7.59. The molecule has 4 aliphatic rings. The second kappa shape index (κ2) is 6.39. The van der Waals surface area contributed by atoms with Crippen LogP contribution >= 0.6 is 22.6 Å². The summed E-state index contributed by atoms with van der Waals surface area (Å²) in [5.41, 5.74) is 1.56. The molecule has 1 N–H and O–H groups in total. The Morgan fingerprint density at radius 2 is 2.00 bits per heavy atom. The van der Waals surface area contributed by atoms with Crippen molar-refractivity contribution < 1.29 is 4.79 Å². The van der Waals surface area contributed by atoms with E-state index in [1.165, 1.54) is 18.4 Å². The zero-order chi connectivity index (χ0) is 17.7. The molecule has 6 rings (SSSR count). The average molecular weight is 459 g/mol. The molecule has 3 atom stereocenters.